The molecule has 5 rings (SSSR count). The average molecular weight is 391 g/mol. The van der Waals surface area contributed by atoms with E-state index in [9.17, 15) is 9.59 Å². The summed E-state index contributed by atoms with van der Waals surface area (Å²) in [7, 11) is 0. The van der Waals surface area contributed by atoms with Crippen LogP contribution in [0.4, 0.5) is 5.69 Å². The van der Waals surface area contributed by atoms with Gasteiger partial charge < -0.3 is 9.73 Å². The predicted molar refractivity (Wildman–Crippen MR) is 118 cm³/mol. The molecule has 0 aliphatic heterocycles. The topological polar surface area (TPSA) is 59.3 Å². The molecular formula is C26H17NO3. The van der Waals surface area contributed by atoms with Crippen molar-refractivity contribution in [2.75, 3.05) is 5.32 Å². The van der Waals surface area contributed by atoms with Gasteiger partial charge in [-0.2, -0.15) is 0 Å². The summed E-state index contributed by atoms with van der Waals surface area (Å²) in [6.07, 6.45) is 0. The van der Waals surface area contributed by atoms with Gasteiger partial charge in [0.1, 0.15) is 11.3 Å². The molecule has 1 N–H and O–H groups in total. The minimum atomic E-state index is -0.298. The Hall–Kier alpha value is -4.18. The van der Waals surface area contributed by atoms with E-state index >= 15 is 0 Å². The number of nitrogens with one attached hydrogen (secondary N) is 1. The second kappa shape index (κ2) is 7.33. The third kappa shape index (κ3) is 3.05. The van der Waals surface area contributed by atoms with Crippen molar-refractivity contribution in [3.63, 3.8) is 0 Å². The van der Waals surface area contributed by atoms with Gasteiger partial charge in [0, 0.05) is 11.1 Å². The molecule has 0 fully saturated rings. The van der Waals surface area contributed by atoms with Crippen molar-refractivity contribution in [2.24, 2.45) is 0 Å². The molecule has 4 heteroatoms. The Bertz CT molecular complexity index is 1390. The van der Waals surface area contributed by atoms with Gasteiger partial charge in [-0.15, -0.1) is 0 Å². The lowest BCUT2D eigenvalue weighted by Gasteiger charge is -2.07. The maximum absolute atomic E-state index is 13.2. The van der Waals surface area contributed by atoms with E-state index in [4.69, 9.17) is 4.42 Å². The van der Waals surface area contributed by atoms with Crippen molar-refractivity contribution in [2.45, 2.75) is 0 Å². The van der Waals surface area contributed by atoms with E-state index in [1.54, 1.807) is 48.5 Å². The third-order valence-electron chi connectivity index (χ3n) is 5.10. The van der Waals surface area contributed by atoms with Gasteiger partial charge in [-0.25, -0.2) is 0 Å². The van der Waals surface area contributed by atoms with Crippen LogP contribution in [-0.4, -0.2) is 11.7 Å². The Morgan fingerprint density at radius 3 is 2.03 bits per heavy atom. The summed E-state index contributed by atoms with van der Waals surface area (Å²) in [6.45, 7) is 0. The number of carbonyl (C=O) groups excluding carboxylic acids is 2. The fourth-order valence-electron chi connectivity index (χ4n) is 3.64. The molecule has 0 bridgehead atoms. The zero-order chi connectivity index (χ0) is 20.5. The Kier molecular flexibility index (Phi) is 4.37. The molecule has 0 radical (unpaired) electrons. The van der Waals surface area contributed by atoms with E-state index in [1.165, 1.54) is 0 Å². The van der Waals surface area contributed by atoms with E-state index < -0.39 is 0 Å². The van der Waals surface area contributed by atoms with Crippen LogP contribution in [0.5, 0.6) is 0 Å². The fraction of sp³-hybridized carbons (Fsp3) is 0. The number of rotatable bonds is 4. The van der Waals surface area contributed by atoms with Gasteiger partial charge in [-0.05, 0) is 29.0 Å². The first-order valence-electron chi connectivity index (χ1n) is 9.63. The van der Waals surface area contributed by atoms with Gasteiger partial charge in [0.2, 0.25) is 5.78 Å². The van der Waals surface area contributed by atoms with Crippen LogP contribution in [0.3, 0.4) is 0 Å². The number of hydrogen-bond donors (Lipinski definition) is 1. The molecule has 0 spiro atoms. The minimum absolute atomic E-state index is 0.122. The monoisotopic (exact) mass is 391 g/mol. The van der Waals surface area contributed by atoms with Crippen LogP contribution in [0, 0.1) is 0 Å². The minimum Gasteiger partial charge on any atom is -0.450 e. The Morgan fingerprint density at radius 1 is 0.667 bits per heavy atom. The standard InChI is InChI=1S/C26H17NO3/c28-24(18-10-3-1-4-11-18)25-23(27-26(29)19-12-5-2-6-13-19)22-20-14-8-7-9-17(20)15-16-21(22)30-25/h1-16H,(H,27,29). The molecule has 1 aromatic heterocycles. The highest BCUT2D eigenvalue weighted by Gasteiger charge is 2.25. The predicted octanol–water partition coefficient (Wildman–Crippen LogP) is 6.07. The summed E-state index contributed by atoms with van der Waals surface area (Å²) in [5.41, 5.74) is 1.95. The van der Waals surface area contributed by atoms with Crippen LogP contribution in [-0.2, 0) is 0 Å². The van der Waals surface area contributed by atoms with Crippen LogP contribution in [0.15, 0.2) is 101 Å². The molecule has 144 valence electrons. The Morgan fingerprint density at radius 2 is 1.30 bits per heavy atom. The molecule has 0 saturated heterocycles. The molecule has 4 aromatic carbocycles. The van der Waals surface area contributed by atoms with E-state index in [2.05, 4.69) is 5.32 Å². The van der Waals surface area contributed by atoms with Crippen LogP contribution in [0.2, 0.25) is 0 Å². The van der Waals surface area contributed by atoms with E-state index in [-0.39, 0.29) is 17.5 Å². The second-order valence-electron chi connectivity index (χ2n) is 6.98. The summed E-state index contributed by atoms with van der Waals surface area (Å²) in [5.74, 6) is -0.454. The van der Waals surface area contributed by atoms with Crippen molar-refractivity contribution < 1.29 is 14.0 Å². The summed E-state index contributed by atoms with van der Waals surface area (Å²) in [6, 6.07) is 29.4. The average Bonchev–Trinajstić information content (AvgIpc) is 3.18. The molecule has 0 aliphatic carbocycles. The second-order valence-corrected chi connectivity index (χ2v) is 6.98. The maximum Gasteiger partial charge on any atom is 0.255 e. The number of carbonyl (C=O) groups is 2. The van der Waals surface area contributed by atoms with Crippen molar-refractivity contribution in [3.8, 4) is 0 Å². The highest BCUT2D eigenvalue weighted by Crippen LogP contribution is 2.37. The van der Waals surface area contributed by atoms with Gasteiger partial charge in [0.25, 0.3) is 5.91 Å². The van der Waals surface area contributed by atoms with Gasteiger partial charge in [-0.3, -0.25) is 9.59 Å². The van der Waals surface area contributed by atoms with E-state index in [0.717, 1.165) is 16.2 Å². The van der Waals surface area contributed by atoms with Crippen molar-refractivity contribution >= 4 is 39.1 Å². The number of benzene rings is 4. The number of fused-ring (bicyclic) bond motifs is 3. The molecule has 0 unspecified atom stereocenters. The Labute approximate surface area is 172 Å². The summed E-state index contributed by atoms with van der Waals surface area (Å²) in [5, 5.41) is 5.57. The van der Waals surface area contributed by atoms with Gasteiger partial charge in [-0.1, -0.05) is 78.9 Å². The molecule has 5 aromatic rings. The highest BCUT2D eigenvalue weighted by atomic mass is 16.3. The summed E-state index contributed by atoms with van der Waals surface area (Å²) < 4.78 is 6.00. The number of furan rings is 1. The lowest BCUT2D eigenvalue weighted by atomic mass is 10.0. The third-order valence-corrected chi connectivity index (χ3v) is 5.10. The fourth-order valence-corrected chi connectivity index (χ4v) is 3.64. The van der Waals surface area contributed by atoms with Crippen molar-refractivity contribution in [1.82, 2.24) is 0 Å². The molecule has 1 heterocycles. The molecule has 0 aliphatic rings. The van der Waals surface area contributed by atoms with Crippen molar-refractivity contribution in [1.29, 1.82) is 0 Å². The smallest absolute Gasteiger partial charge is 0.255 e. The van der Waals surface area contributed by atoms with Crippen molar-refractivity contribution in [3.05, 3.63) is 114 Å². The zero-order valence-electron chi connectivity index (χ0n) is 16.0. The zero-order valence-corrected chi connectivity index (χ0v) is 16.0. The first kappa shape index (κ1) is 17.9. The number of amides is 1. The Balaban J connectivity index is 1.73. The lowest BCUT2D eigenvalue weighted by molar-refractivity contribution is 0.101. The van der Waals surface area contributed by atoms with Gasteiger partial charge in [0.05, 0.1) is 5.39 Å². The van der Waals surface area contributed by atoms with Gasteiger partial charge >= 0.3 is 0 Å². The summed E-state index contributed by atoms with van der Waals surface area (Å²) >= 11 is 0. The first-order chi connectivity index (χ1) is 14.7. The number of anilines is 1. The molecule has 1 amide bonds. The SMILES string of the molecule is O=C(Nc1c(C(=O)c2ccccc2)oc2ccc3ccccc3c12)c1ccccc1. The normalized spacial score (nSPS) is 10.9. The molecule has 4 nitrogen and oxygen atoms in total. The molecule has 0 saturated carbocycles. The quantitative estimate of drug-likeness (QED) is 0.378. The summed E-state index contributed by atoms with van der Waals surface area (Å²) in [4.78, 5) is 26.2. The molecular weight excluding hydrogens is 374 g/mol. The van der Waals surface area contributed by atoms with Crippen LogP contribution >= 0.6 is 0 Å². The lowest BCUT2D eigenvalue weighted by Crippen LogP contribution is -2.14. The van der Waals surface area contributed by atoms with Gasteiger partial charge in [0.15, 0.2) is 5.76 Å². The van der Waals surface area contributed by atoms with Crippen LogP contribution in [0.1, 0.15) is 26.5 Å². The molecule has 0 atom stereocenters. The largest absolute Gasteiger partial charge is 0.450 e. The first-order valence-corrected chi connectivity index (χ1v) is 9.63. The maximum atomic E-state index is 13.2. The van der Waals surface area contributed by atoms with E-state index in [0.29, 0.717) is 22.4 Å². The number of ketones is 1. The number of hydrogen-bond acceptors (Lipinski definition) is 3. The molecule has 30 heavy (non-hydrogen) atoms. The van der Waals surface area contributed by atoms with Crippen LogP contribution < -0.4 is 5.32 Å². The van der Waals surface area contributed by atoms with Crippen LogP contribution in [0.25, 0.3) is 21.7 Å². The highest BCUT2D eigenvalue weighted by molar-refractivity contribution is 6.23. The van der Waals surface area contributed by atoms with E-state index in [1.807, 2.05) is 48.5 Å².